The molecule has 2 fully saturated rings. The Morgan fingerprint density at radius 2 is 2.05 bits per heavy atom. The lowest BCUT2D eigenvalue weighted by Crippen LogP contribution is -2.47. The number of imidazole rings is 1. The first-order valence-electron chi connectivity index (χ1n) is 8.00. The van der Waals surface area contributed by atoms with E-state index in [2.05, 4.69) is 14.8 Å². The third-order valence-electron chi connectivity index (χ3n) is 4.85. The van der Waals surface area contributed by atoms with Crippen LogP contribution in [0.5, 0.6) is 0 Å². The Labute approximate surface area is 133 Å². The van der Waals surface area contributed by atoms with Crippen LogP contribution in [-0.2, 0) is 4.79 Å². The van der Waals surface area contributed by atoms with Crippen molar-refractivity contribution >= 4 is 27.3 Å². The maximum Gasteiger partial charge on any atom is 0.219 e. The monoisotopic (exact) mass is 319 g/mol. The molecule has 0 spiro atoms. The predicted molar refractivity (Wildman–Crippen MR) is 86.4 cm³/mol. The van der Waals surface area contributed by atoms with E-state index in [1.165, 1.54) is 6.42 Å². The molecule has 2 aliphatic heterocycles. The van der Waals surface area contributed by atoms with E-state index in [1.807, 2.05) is 17.6 Å². The molecule has 2 aromatic rings. The van der Waals surface area contributed by atoms with Gasteiger partial charge in [-0.2, -0.15) is 0 Å². The van der Waals surface area contributed by atoms with Crippen molar-refractivity contribution in [3.8, 4) is 0 Å². The summed E-state index contributed by atoms with van der Waals surface area (Å²) in [5.41, 5.74) is 1.00. The summed E-state index contributed by atoms with van der Waals surface area (Å²) in [6, 6.07) is 0.751. The fourth-order valence-electron chi connectivity index (χ4n) is 3.93. The average Bonchev–Trinajstić information content (AvgIpc) is 3.19. The van der Waals surface area contributed by atoms with Crippen LogP contribution in [-0.4, -0.2) is 50.6 Å². The molecule has 118 valence electrons. The number of rotatable bonds is 2. The third-order valence-corrected chi connectivity index (χ3v) is 5.81. The molecule has 0 radical (unpaired) electrons. The van der Waals surface area contributed by atoms with Crippen molar-refractivity contribution in [2.45, 2.75) is 51.6 Å². The van der Waals surface area contributed by atoms with Crippen LogP contribution >= 0.6 is 11.3 Å². The lowest BCUT2D eigenvalue weighted by molar-refractivity contribution is -0.129. The molecule has 22 heavy (non-hydrogen) atoms. The summed E-state index contributed by atoms with van der Waals surface area (Å²) in [5, 5.41) is 5.74. The van der Waals surface area contributed by atoms with Crippen LogP contribution in [0.3, 0.4) is 0 Å². The molecule has 1 amide bonds. The highest BCUT2D eigenvalue weighted by Crippen LogP contribution is 2.35. The molecule has 0 saturated carbocycles. The largest absolute Gasteiger partial charge is 0.342 e. The second-order valence-electron chi connectivity index (χ2n) is 6.32. The molecule has 4 heterocycles. The highest BCUT2D eigenvalue weighted by molar-refractivity contribution is 7.20. The first kappa shape index (κ1) is 14.0. The average molecular weight is 319 g/mol. The number of amides is 1. The SMILES string of the molecule is CC(=O)N1CCC[C@H]1[C@@H]1CCCN1c1nn2cc(C)nc2s1. The molecule has 0 aliphatic carbocycles. The Morgan fingerprint density at radius 3 is 2.82 bits per heavy atom. The number of aryl methyl sites for hydroxylation is 1. The quantitative estimate of drug-likeness (QED) is 0.850. The predicted octanol–water partition coefficient (Wildman–Crippen LogP) is 2.08. The lowest BCUT2D eigenvalue weighted by atomic mass is 10.0. The summed E-state index contributed by atoms with van der Waals surface area (Å²) >= 11 is 1.65. The van der Waals surface area contributed by atoms with E-state index < -0.39 is 0 Å². The molecule has 2 aliphatic rings. The number of hydrogen-bond acceptors (Lipinski definition) is 5. The van der Waals surface area contributed by atoms with Crippen LogP contribution < -0.4 is 4.90 Å². The van der Waals surface area contributed by atoms with Gasteiger partial charge in [0.2, 0.25) is 16.0 Å². The van der Waals surface area contributed by atoms with Crippen LogP contribution in [0, 0.1) is 6.92 Å². The van der Waals surface area contributed by atoms with E-state index in [9.17, 15) is 4.79 Å². The number of carbonyl (C=O) groups is 1. The van der Waals surface area contributed by atoms with E-state index >= 15 is 0 Å². The van der Waals surface area contributed by atoms with Crippen LogP contribution in [0.1, 0.15) is 38.3 Å². The van der Waals surface area contributed by atoms with Gasteiger partial charge >= 0.3 is 0 Å². The summed E-state index contributed by atoms with van der Waals surface area (Å²) in [5.74, 6) is 0.207. The van der Waals surface area contributed by atoms with Crippen molar-refractivity contribution in [3.63, 3.8) is 0 Å². The normalized spacial score (nSPS) is 25.5. The van der Waals surface area contributed by atoms with E-state index in [0.29, 0.717) is 12.1 Å². The van der Waals surface area contributed by atoms with E-state index in [0.717, 1.165) is 48.1 Å². The Bertz CT molecular complexity index is 676. The smallest absolute Gasteiger partial charge is 0.219 e. The molecular formula is C15H21N5OS. The van der Waals surface area contributed by atoms with Crippen LogP contribution in [0.2, 0.25) is 0 Å². The Morgan fingerprint density at radius 1 is 1.27 bits per heavy atom. The van der Waals surface area contributed by atoms with Gasteiger partial charge in [-0.1, -0.05) is 11.3 Å². The van der Waals surface area contributed by atoms with Gasteiger partial charge in [0.25, 0.3) is 0 Å². The molecule has 6 nitrogen and oxygen atoms in total. The van der Waals surface area contributed by atoms with Crippen molar-refractivity contribution in [3.05, 3.63) is 11.9 Å². The Hall–Kier alpha value is -1.63. The molecule has 7 heteroatoms. The van der Waals surface area contributed by atoms with Crippen molar-refractivity contribution in [1.29, 1.82) is 0 Å². The molecule has 0 unspecified atom stereocenters. The van der Waals surface area contributed by atoms with Gasteiger partial charge in [-0.3, -0.25) is 4.79 Å². The number of fused-ring (bicyclic) bond motifs is 1. The van der Waals surface area contributed by atoms with Gasteiger partial charge in [-0.25, -0.2) is 9.50 Å². The minimum Gasteiger partial charge on any atom is -0.342 e. The molecule has 0 aromatic carbocycles. The first-order chi connectivity index (χ1) is 10.6. The fraction of sp³-hybridized carbons (Fsp3) is 0.667. The first-order valence-corrected chi connectivity index (χ1v) is 8.82. The number of carbonyl (C=O) groups excluding carboxylic acids is 1. The Balaban J connectivity index is 1.62. The number of aromatic nitrogens is 3. The van der Waals surface area contributed by atoms with Gasteiger partial charge in [0.1, 0.15) is 0 Å². The topological polar surface area (TPSA) is 53.7 Å². The van der Waals surface area contributed by atoms with E-state index in [1.54, 1.807) is 18.3 Å². The highest BCUT2D eigenvalue weighted by atomic mass is 32.1. The van der Waals surface area contributed by atoms with E-state index in [4.69, 9.17) is 5.10 Å². The number of nitrogens with zero attached hydrogens (tertiary/aromatic N) is 5. The minimum atomic E-state index is 0.207. The maximum atomic E-state index is 11.9. The van der Waals surface area contributed by atoms with Crippen LogP contribution in [0.4, 0.5) is 5.13 Å². The number of anilines is 1. The fourth-order valence-corrected chi connectivity index (χ4v) is 4.94. The van der Waals surface area contributed by atoms with Gasteiger partial charge in [0.05, 0.1) is 24.0 Å². The minimum absolute atomic E-state index is 0.207. The zero-order valence-electron chi connectivity index (χ0n) is 13.0. The van der Waals surface area contributed by atoms with Crippen molar-refractivity contribution < 1.29 is 4.79 Å². The second kappa shape index (κ2) is 5.22. The second-order valence-corrected chi connectivity index (χ2v) is 7.25. The highest BCUT2D eigenvalue weighted by Gasteiger charge is 2.39. The van der Waals surface area contributed by atoms with E-state index in [-0.39, 0.29) is 5.91 Å². The molecule has 2 saturated heterocycles. The summed E-state index contributed by atoms with van der Waals surface area (Å²) in [4.78, 5) is 21.8. The molecule has 2 aromatic heterocycles. The van der Waals surface area contributed by atoms with Gasteiger partial charge in [0.15, 0.2) is 0 Å². The summed E-state index contributed by atoms with van der Waals surface area (Å²) in [6.07, 6.45) is 6.53. The van der Waals surface area contributed by atoms with Crippen molar-refractivity contribution in [2.75, 3.05) is 18.0 Å². The van der Waals surface area contributed by atoms with Gasteiger partial charge < -0.3 is 9.80 Å². The zero-order valence-corrected chi connectivity index (χ0v) is 13.8. The molecular weight excluding hydrogens is 298 g/mol. The standard InChI is InChI=1S/C15H21N5OS/c1-10-9-20-14(16-10)22-15(17-20)19-8-4-6-13(19)12-5-3-7-18(12)11(2)21/h9,12-13H,3-8H2,1-2H3/t12-,13-/m0/s1. The van der Waals surface area contributed by atoms with Gasteiger partial charge in [0, 0.05) is 20.0 Å². The molecule has 2 atom stereocenters. The molecule has 0 N–H and O–H groups in total. The number of hydrogen-bond donors (Lipinski definition) is 0. The third kappa shape index (κ3) is 2.18. The molecule has 0 bridgehead atoms. The number of likely N-dealkylation sites (tertiary alicyclic amines) is 1. The van der Waals surface area contributed by atoms with Crippen molar-refractivity contribution in [1.82, 2.24) is 19.5 Å². The summed E-state index contributed by atoms with van der Waals surface area (Å²) in [7, 11) is 0. The van der Waals surface area contributed by atoms with Crippen LogP contribution in [0.15, 0.2) is 6.20 Å². The summed E-state index contributed by atoms with van der Waals surface area (Å²) < 4.78 is 1.88. The maximum absolute atomic E-state index is 11.9. The van der Waals surface area contributed by atoms with Crippen LogP contribution in [0.25, 0.3) is 4.96 Å². The van der Waals surface area contributed by atoms with Crippen molar-refractivity contribution in [2.24, 2.45) is 0 Å². The Kier molecular flexibility index (Phi) is 3.32. The van der Waals surface area contributed by atoms with Gasteiger partial charge in [-0.05, 0) is 32.6 Å². The summed E-state index contributed by atoms with van der Waals surface area (Å²) in [6.45, 7) is 5.62. The lowest BCUT2D eigenvalue weighted by Gasteiger charge is -2.34. The zero-order chi connectivity index (χ0) is 15.3. The molecule has 4 rings (SSSR count). The van der Waals surface area contributed by atoms with Gasteiger partial charge in [-0.15, -0.1) is 5.10 Å².